The summed E-state index contributed by atoms with van der Waals surface area (Å²) < 4.78 is 39.1. The van der Waals surface area contributed by atoms with Crippen molar-refractivity contribution in [3.63, 3.8) is 0 Å². The summed E-state index contributed by atoms with van der Waals surface area (Å²) in [5.74, 6) is 1.50. The minimum absolute atomic E-state index is 0.713. The maximum Gasteiger partial charge on any atom is 0.171 e. The third-order valence-corrected chi connectivity index (χ3v) is 17.7. The van der Waals surface area contributed by atoms with E-state index < -0.39 is 12.6 Å². The Balaban J connectivity index is 0.994. The van der Waals surface area contributed by atoms with Crippen molar-refractivity contribution in [3.8, 4) is 28.3 Å². The SMILES string of the molecule is O=P1(c2ccccc2)c2ccccc2C2(c3ccccc3Oc3cc(-n4c5ccccc5c5cc(-c6cccc7c6oc6ccccc67)ccc54)ccc32)c2cc3c(cc21)oc1ccccc13. The number of fused-ring (bicyclic) bond motifs is 17. The number of nitrogens with zero attached hydrogens (tertiary/aromatic N) is 1. The zero-order valence-electron chi connectivity index (χ0n) is 35.8. The van der Waals surface area contributed by atoms with Gasteiger partial charge in [-0.25, -0.2) is 0 Å². The van der Waals surface area contributed by atoms with E-state index in [0.29, 0.717) is 5.58 Å². The fourth-order valence-electron chi connectivity index (χ4n) is 11.7. The highest BCUT2D eigenvalue weighted by molar-refractivity contribution is 7.85. The van der Waals surface area contributed by atoms with Gasteiger partial charge in [0, 0.05) is 76.7 Å². The molecule has 2 aliphatic heterocycles. The molecule has 67 heavy (non-hydrogen) atoms. The average molecular weight is 878 g/mol. The van der Waals surface area contributed by atoms with E-state index >= 15 is 4.57 Å². The number of hydrogen-bond donors (Lipinski definition) is 0. The van der Waals surface area contributed by atoms with Crippen molar-refractivity contribution < 1.29 is 18.1 Å². The average Bonchev–Trinajstić information content (AvgIpc) is 4.06. The molecule has 0 amide bonds. The van der Waals surface area contributed by atoms with Gasteiger partial charge in [-0.15, -0.1) is 0 Å². The van der Waals surface area contributed by atoms with E-state index in [1.807, 2.05) is 72.8 Å². The minimum atomic E-state index is -3.47. The van der Waals surface area contributed by atoms with Crippen LogP contribution in [0.4, 0.5) is 0 Å². The highest BCUT2D eigenvalue weighted by Gasteiger charge is 2.55. The lowest BCUT2D eigenvalue weighted by atomic mass is 9.63. The first kappa shape index (κ1) is 36.9. The molecule has 0 saturated heterocycles. The summed E-state index contributed by atoms with van der Waals surface area (Å²) in [6.45, 7) is 0. The maximum atomic E-state index is 16.6. The molecule has 6 heteroatoms. The van der Waals surface area contributed by atoms with Crippen LogP contribution in [-0.2, 0) is 9.98 Å². The highest BCUT2D eigenvalue weighted by atomic mass is 31.2. The number of furan rings is 2. The van der Waals surface area contributed by atoms with Crippen LogP contribution in [0.15, 0.2) is 227 Å². The van der Waals surface area contributed by atoms with Crippen molar-refractivity contribution in [2.24, 2.45) is 0 Å². The standard InChI is InChI=1S/C61H36NO4P/c63-67(39-15-2-1-3-16-39)58-28-13-8-23-49(58)61(50-35-46-43-19-6-10-25-53(43)64-56(46)36-59(50)67)47-22-7-12-27-55(47)65-57-34-38(30-31-48(57)61)62-51-24-9-4-17-41(51)45-33-37(29-32-52(45)62)40-20-14-21-44-42-18-5-11-26-54(42)66-60(40)44/h1-36H. The molecule has 0 radical (unpaired) electrons. The predicted molar refractivity (Wildman–Crippen MR) is 272 cm³/mol. The molecule has 2 unspecified atom stereocenters. The lowest BCUT2D eigenvalue weighted by molar-refractivity contribution is 0.435. The van der Waals surface area contributed by atoms with Crippen molar-refractivity contribution in [2.75, 3.05) is 0 Å². The summed E-state index contributed by atoms with van der Waals surface area (Å²) >= 11 is 0. The van der Waals surface area contributed by atoms with Gasteiger partial charge in [0.15, 0.2) is 7.14 Å². The van der Waals surface area contributed by atoms with Crippen molar-refractivity contribution >= 4 is 88.7 Å². The molecule has 314 valence electrons. The van der Waals surface area contributed by atoms with Gasteiger partial charge >= 0.3 is 0 Å². The normalized spacial score (nSPS) is 17.3. The van der Waals surface area contributed by atoms with Crippen LogP contribution in [-0.4, -0.2) is 4.57 Å². The Morgan fingerprint density at radius 1 is 0.403 bits per heavy atom. The molecule has 0 bridgehead atoms. The molecule has 3 aromatic heterocycles. The summed E-state index contributed by atoms with van der Waals surface area (Å²) in [6, 6.07) is 75.9. The van der Waals surface area contributed by atoms with Crippen molar-refractivity contribution in [1.82, 2.24) is 4.57 Å². The second kappa shape index (κ2) is 13.4. The molecule has 0 fully saturated rings. The van der Waals surface area contributed by atoms with Crippen LogP contribution in [0.5, 0.6) is 11.5 Å². The third kappa shape index (κ3) is 4.81. The molecule has 2 aliphatic rings. The summed E-state index contributed by atoms with van der Waals surface area (Å²) in [5, 5.41) is 8.89. The van der Waals surface area contributed by atoms with E-state index in [1.165, 1.54) is 0 Å². The Morgan fingerprint density at radius 3 is 1.94 bits per heavy atom. The largest absolute Gasteiger partial charge is 0.457 e. The van der Waals surface area contributed by atoms with Gasteiger partial charge in [-0.05, 0) is 71.3 Å². The van der Waals surface area contributed by atoms with E-state index in [4.69, 9.17) is 13.6 Å². The van der Waals surface area contributed by atoms with Crippen LogP contribution in [0.3, 0.4) is 0 Å². The van der Waals surface area contributed by atoms with Crippen LogP contribution in [0.2, 0.25) is 0 Å². The molecule has 10 aromatic carbocycles. The Bertz CT molecular complexity index is 4310. The monoisotopic (exact) mass is 877 g/mol. The van der Waals surface area contributed by atoms with Crippen molar-refractivity contribution in [3.05, 3.63) is 241 Å². The lowest BCUT2D eigenvalue weighted by Crippen LogP contribution is -2.48. The minimum Gasteiger partial charge on any atom is -0.457 e. The fraction of sp³-hybridized carbons (Fsp3) is 0.0164. The maximum absolute atomic E-state index is 16.6. The van der Waals surface area contributed by atoms with Gasteiger partial charge in [0.25, 0.3) is 0 Å². The third-order valence-electron chi connectivity index (χ3n) is 14.5. The number of para-hydroxylation sites is 5. The summed E-state index contributed by atoms with van der Waals surface area (Å²) in [5.41, 5.74) is 11.6. The van der Waals surface area contributed by atoms with E-state index in [2.05, 4.69) is 150 Å². The van der Waals surface area contributed by atoms with Gasteiger partial charge < -0.3 is 22.7 Å². The first-order valence-corrected chi connectivity index (χ1v) is 24.4. The molecule has 0 saturated carbocycles. The Morgan fingerprint density at radius 2 is 1.07 bits per heavy atom. The highest BCUT2D eigenvalue weighted by Crippen LogP contribution is 2.62. The van der Waals surface area contributed by atoms with Gasteiger partial charge in [0.05, 0.1) is 16.4 Å². The van der Waals surface area contributed by atoms with E-state index in [9.17, 15) is 0 Å². The van der Waals surface area contributed by atoms with Crippen LogP contribution in [0, 0.1) is 0 Å². The molecular weight excluding hydrogens is 842 g/mol. The van der Waals surface area contributed by atoms with Crippen molar-refractivity contribution in [1.29, 1.82) is 0 Å². The van der Waals surface area contributed by atoms with E-state index in [-0.39, 0.29) is 0 Å². The Labute approximate surface area is 384 Å². The first-order chi connectivity index (χ1) is 33.1. The van der Waals surface area contributed by atoms with Gasteiger partial charge in [0.1, 0.15) is 33.8 Å². The van der Waals surface area contributed by atoms with E-state index in [1.54, 1.807) is 0 Å². The number of hydrogen-bond acceptors (Lipinski definition) is 4. The molecule has 0 aliphatic carbocycles. The zero-order valence-corrected chi connectivity index (χ0v) is 36.7. The molecule has 5 heterocycles. The summed E-state index contributed by atoms with van der Waals surface area (Å²) in [7, 11) is -3.47. The van der Waals surface area contributed by atoms with Gasteiger partial charge in [-0.2, -0.15) is 0 Å². The predicted octanol–water partition coefficient (Wildman–Crippen LogP) is 14.7. The fourth-order valence-corrected chi connectivity index (χ4v) is 14.9. The van der Waals surface area contributed by atoms with Crippen LogP contribution in [0.25, 0.3) is 82.5 Å². The van der Waals surface area contributed by atoms with E-state index in [0.717, 1.165) is 127 Å². The quantitative estimate of drug-likeness (QED) is 0.166. The second-order valence-corrected chi connectivity index (χ2v) is 20.5. The Hall–Kier alpha value is -8.37. The smallest absolute Gasteiger partial charge is 0.171 e. The van der Waals surface area contributed by atoms with Gasteiger partial charge in [-0.3, -0.25) is 0 Å². The molecule has 5 nitrogen and oxygen atoms in total. The molecule has 13 aromatic rings. The number of benzene rings is 10. The molecule has 2 atom stereocenters. The Kier molecular flexibility index (Phi) is 7.36. The molecular formula is C61H36NO4P. The molecule has 1 spiro atoms. The van der Waals surface area contributed by atoms with Gasteiger partial charge in [-0.1, -0.05) is 158 Å². The van der Waals surface area contributed by atoms with Crippen LogP contribution < -0.4 is 20.7 Å². The topological polar surface area (TPSA) is 57.5 Å². The van der Waals surface area contributed by atoms with Crippen LogP contribution >= 0.6 is 7.14 Å². The number of aromatic nitrogens is 1. The summed E-state index contributed by atoms with van der Waals surface area (Å²) in [6.07, 6.45) is 0. The first-order valence-electron chi connectivity index (χ1n) is 22.7. The summed E-state index contributed by atoms with van der Waals surface area (Å²) in [4.78, 5) is 0. The zero-order chi connectivity index (χ0) is 44.0. The number of rotatable bonds is 3. The number of ether oxygens (including phenoxy) is 1. The molecule has 0 N–H and O–H groups in total. The molecule has 15 rings (SSSR count). The van der Waals surface area contributed by atoms with Crippen molar-refractivity contribution in [2.45, 2.75) is 5.41 Å². The second-order valence-electron chi connectivity index (χ2n) is 17.8. The van der Waals surface area contributed by atoms with Gasteiger partial charge in [0.2, 0.25) is 0 Å². The lowest BCUT2D eigenvalue weighted by Gasteiger charge is -2.47. The van der Waals surface area contributed by atoms with Crippen LogP contribution in [0.1, 0.15) is 22.3 Å².